The molecular weight excluding hydrogens is 264 g/mol. The quantitative estimate of drug-likeness (QED) is 0.890. The molecule has 0 aliphatic carbocycles. The van der Waals surface area contributed by atoms with Gasteiger partial charge in [-0.05, 0) is 19.5 Å². The summed E-state index contributed by atoms with van der Waals surface area (Å²) < 4.78 is 0. The summed E-state index contributed by atoms with van der Waals surface area (Å²) in [6, 6.07) is 7.89. The highest BCUT2D eigenvalue weighted by molar-refractivity contribution is 7.15. The lowest BCUT2D eigenvalue weighted by Gasteiger charge is -1.98. The molecule has 1 N–H and O–H groups in total. The first-order valence-electron chi connectivity index (χ1n) is 6.14. The number of benzene rings is 1. The fourth-order valence-electron chi connectivity index (χ4n) is 1.86. The molecular formula is C14H17ClN2S. The molecule has 0 aliphatic heterocycles. The summed E-state index contributed by atoms with van der Waals surface area (Å²) in [5.41, 5.74) is 2.23. The SMILES string of the molecule is CCCc1nc(-c2ccccc2Cl)sc1CNC. The molecule has 1 aromatic carbocycles. The van der Waals surface area contributed by atoms with E-state index in [1.54, 1.807) is 11.3 Å². The van der Waals surface area contributed by atoms with Crippen molar-refractivity contribution >= 4 is 22.9 Å². The molecule has 0 amide bonds. The van der Waals surface area contributed by atoms with Gasteiger partial charge in [0.05, 0.1) is 10.7 Å². The minimum atomic E-state index is 0.769. The van der Waals surface area contributed by atoms with Crippen molar-refractivity contribution < 1.29 is 0 Å². The highest BCUT2D eigenvalue weighted by Crippen LogP contribution is 2.33. The van der Waals surface area contributed by atoms with Gasteiger partial charge in [-0.25, -0.2) is 4.98 Å². The Labute approximate surface area is 117 Å². The third kappa shape index (κ3) is 2.91. The second kappa shape index (κ2) is 6.32. The van der Waals surface area contributed by atoms with Crippen LogP contribution in [0.1, 0.15) is 23.9 Å². The molecule has 0 atom stereocenters. The number of thiazole rings is 1. The molecule has 0 saturated heterocycles. The third-order valence-corrected chi connectivity index (χ3v) is 4.17. The molecule has 2 nitrogen and oxygen atoms in total. The molecule has 0 radical (unpaired) electrons. The molecule has 0 saturated carbocycles. The van der Waals surface area contributed by atoms with E-state index in [4.69, 9.17) is 16.6 Å². The van der Waals surface area contributed by atoms with Crippen molar-refractivity contribution in [1.82, 2.24) is 10.3 Å². The van der Waals surface area contributed by atoms with E-state index in [1.165, 1.54) is 10.6 Å². The average molecular weight is 281 g/mol. The van der Waals surface area contributed by atoms with E-state index >= 15 is 0 Å². The Morgan fingerprint density at radius 2 is 2.11 bits per heavy atom. The normalized spacial score (nSPS) is 10.8. The van der Waals surface area contributed by atoms with Gasteiger partial charge >= 0.3 is 0 Å². The number of aryl methyl sites for hydroxylation is 1. The van der Waals surface area contributed by atoms with E-state index < -0.39 is 0 Å². The molecule has 0 fully saturated rings. The number of nitrogens with zero attached hydrogens (tertiary/aromatic N) is 1. The van der Waals surface area contributed by atoms with Crippen LogP contribution in [-0.4, -0.2) is 12.0 Å². The van der Waals surface area contributed by atoms with Crippen molar-refractivity contribution in [3.8, 4) is 10.6 Å². The molecule has 0 unspecified atom stereocenters. The number of hydrogen-bond acceptors (Lipinski definition) is 3. The molecule has 1 heterocycles. The molecule has 96 valence electrons. The Balaban J connectivity index is 2.40. The van der Waals surface area contributed by atoms with Crippen LogP contribution < -0.4 is 5.32 Å². The Hall–Kier alpha value is -0.900. The summed E-state index contributed by atoms with van der Waals surface area (Å²) in [6.07, 6.45) is 2.14. The van der Waals surface area contributed by atoms with Gasteiger partial charge in [-0.1, -0.05) is 43.1 Å². The first-order chi connectivity index (χ1) is 8.76. The topological polar surface area (TPSA) is 24.9 Å². The maximum absolute atomic E-state index is 6.23. The van der Waals surface area contributed by atoms with E-state index in [0.29, 0.717) is 0 Å². The van der Waals surface area contributed by atoms with E-state index in [0.717, 1.165) is 35.0 Å². The van der Waals surface area contributed by atoms with Crippen LogP contribution in [0.5, 0.6) is 0 Å². The predicted octanol–water partition coefficient (Wildman–Crippen LogP) is 4.14. The lowest BCUT2D eigenvalue weighted by Crippen LogP contribution is -2.05. The average Bonchev–Trinajstić information content (AvgIpc) is 2.74. The zero-order valence-corrected chi connectivity index (χ0v) is 12.2. The minimum absolute atomic E-state index is 0.769. The molecule has 0 bridgehead atoms. The summed E-state index contributed by atoms with van der Waals surface area (Å²) in [5.74, 6) is 0. The van der Waals surface area contributed by atoms with Crippen LogP contribution in [0, 0.1) is 0 Å². The third-order valence-electron chi connectivity index (χ3n) is 2.71. The number of rotatable bonds is 5. The summed E-state index contributed by atoms with van der Waals surface area (Å²) >= 11 is 7.96. The van der Waals surface area contributed by atoms with Crippen LogP contribution in [0.3, 0.4) is 0 Å². The van der Waals surface area contributed by atoms with Crippen LogP contribution in [0.2, 0.25) is 5.02 Å². The van der Waals surface area contributed by atoms with Gasteiger partial charge < -0.3 is 5.32 Å². The fourth-order valence-corrected chi connectivity index (χ4v) is 3.30. The van der Waals surface area contributed by atoms with Gasteiger partial charge in [0.1, 0.15) is 5.01 Å². The predicted molar refractivity (Wildman–Crippen MR) is 79.3 cm³/mol. The smallest absolute Gasteiger partial charge is 0.125 e. The summed E-state index contributed by atoms with van der Waals surface area (Å²) in [6.45, 7) is 3.05. The monoisotopic (exact) mass is 280 g/mol. The number of nitrogens with one attached hydrogen (secondary N) is 1. The molecule has 0 aliphatic rings. The summed E-state index contributed by atoms with van der Waals surface area (Å²) in [7, 11) is 1.96. The van der Waals surface area contributed by atoms with E-state index in [9.17, 15) is 0 Å². The number of aromatic nitrogens is 1. The highest BCUT2D eigenvalue weighted by atomic mass is 35.5. The maximum Gasteiger partial charge on any atom is 0.125 e. The Morgan fingerprint density at radius 3 is 2.78 bits per heavy atom. The fraction of sp³-hybridized carbons (Fsp3) is 0.357. The molecule has 4 heteroatoms. The van der Waals surface area contributed by atoms with Crippen LogP contribution in [-0.2, 0) is 13.0 Å². The lowest BCUT2D eigenvalue weighted by molar-refractivity contribution is 0.798. The van der Waals surface area contributed by atoms with Crippen molar-refractivity contribution in [2.45, 2.75) is 26.3 Å². The second-order valence-electron chi connectivity index (χ2n) is 4.15. The molecule has 18 heavy (non-hydrogen) atoms. The van der Waals surface area contributed by atoms with Gasteiger partial charge in [-0.15, -0.1) is 11.3 Å². The van der Waals surface area contributed by atoms with Gasteiger partial charge in [0.25, 0.3) is 0 Å². The van der Waals surface area contributed by atoms with Gasteiger partial charge in [0.2, 0.25) is 0 Å². The second-order valence-corrected chi connectivity index (χ2v) is 5.64. The van der Waals surface area contributed by atoms with Gasteiger partial charge in [-0.3, -0.25) is 0 Å². The van der Waals surface area contributed by atoms with Crippen molar-refractivity contribution in [1.29, 1.82) is 0 Å². The van der Waals surface area contributed by atoms with Gasteiger partial charge in [0, 0.05) is 17.0 Å². The lowest BCUT2D eigenvalue weighted by atomic mass is 10.2. The Kier molecular flexibility index (Phi) is 4.75. The number of hydrogen-bond donors (Lipinski definition) is 1. The first-order valence-corrected chi connectivity index (χ1v) is 7.33. The maximum atomic E-state index is 6.23. The molecule has 2 rings (SSSR count). The van der Waals surface area contributed by atoms with E-state index in [2.05, 4.69) is 12.2 Å². The first kappa shape index (κ1) is 13.5. The van der Waals surface area contributed by atoms with E-state index in [1.807, 2.05) is 31.3 Å². The van der Waals surface area contributed by atoms with Crippen LogP contribution in [0.4, 0.5) is 0 Å². The highest BCUT2D eigenvalue weighted by Gasteiger charge is 2.13. The summed E-state index contributed by atoms with van der Waals surface area (Å²) in [4.78, 5) is 6.06. The van der Waals surface area contributed by atoms with Crippen LogP contribution in [0.15, 0.2) is 24.3 Å². The molecule has 0 spiro atoms. The van der Waals surface area contributed by atoms with Crippen LogP contribution >= 0.6 is 22.9 Å². The van der Waals surface area contributed by atoms with Crippen molar-refractivity contribution in [3.05, 3.63) is 39.9 Å². The molecule has 2 aromatic rings. The zero-order chi connectivity index (χ0) is 13.0. The van der Waals surface area contributed by atoms with Crippen molar-refractivity contribution in [2.75, 3.05) is 7.05 Å². The van der Waals surface area contributed by atoms with Crippen molar-refractivity contribution in [2.24, 2.45) is 0 Å². The van der Waals surface area contributed by atoms with Gasteiger partial charge in [-0.2, -0.15) is 0 Å². The Bertz CT molecular complexity index is 499. The van der Waals surface area contributed by atoms with Crippen molar-refractivity contribution in [3.63, 3.8) is 0 Å². The summed E-state index contributed by atoms with van der Waals surface area (Å²) in [5, 5.41) is 4.99. The number of halogens is 1. The minimum Gasteiger partial charge on any atom is -0.315 e. The zero-order valence-electron chi connectivity index (χ0n) is 10.7. The van der Waals surface area contributed by atoms with Gasteiger partial charge in [0.15, 0.2) is 0 Å². The molecule has 1 aromatic heterocycles. The standard InChI is InChI=1S/C14H17ClN2S/c1-3-6-12-13(9-16-2)18-14(17-12)10-7-4-5-8-11(10)15/h4-5,7-8,16H,3,6,9H2,1-2H3. The largest absolute Gasteiger partial charge is 0.315 e. The van der Waals surface area contributed by atoms with E-state index in [-0.39, 0.29) is 0 Å². The Morgan fingerprint density at radius 1 is 1.33 bits per heavy atom. The van der Waals surface area contributed by atoms with Crippen LogP contribution in [0.25, 0.3) is 10.6 Å².